The first-order chi connectivity index (χ1) is 16.0. The number of hydrogen-bond donors (Lipinski definition) is 1. The molecule has 0 radical (unpaired) electrons. The lowest BCUT2D eigenvalue weighted by Crippen LogP contribution is -2.38. The van der Waals surface area contributed by atoms with Gasteiger partial charge in [0.2, 0.25) is 0 Å². The molecule has 1 aliphatic heterocycles. The molecule has 1 saturated heterocycles. The zero-order valence-corrected chi connectivity index (χ0v) is 19.4. The number of thiazole rings is 1. The van der Waals surface area contributed by atoms with E-state index in [-0.39, 0.29) is 24.5 Å². The van der Waals surface area contributed by atoms with Crippen molar-refractivity contribution in [2.45, 2.75) is 25.7 Å². The molecule has 1 fully saturated rings. The monoisotopic (exact) mass is 461 g/mol. The standard InChI is InChI=1S/C26H27N3O3S/c1-3-15-32-26(31)29-13-11-20(12-14-29)25-28-23(17-33-25)24(30)27-22-10-9-18(2)16-21(22)19-7-5-4-6-8-19/h3-10,16-17,20H,1,11-15H2,2H3,(H,27,30). The van der Waals surface area contributed by atoms with E-state index in [1.54, 1.807) is 11.0 Å². The van der Waals surface area contributed by atoms with Gasteiger partial charge >= 0.3 is 6.09 Å². The van der Waals surface area contributed by atoms with Crippen molar-refractivity contribution in [3.8, 4) is 11.1 Å². The van der Waals surface area contributed by atoms with E-state index in [2.05, 4.69) is 22.9 Å². The second-order valence-electron chi connectivity index (χ2n) is 8.07. The lowest BCUT2D eigenvalue weighted by Gasteiger charge is -2.30. The summed E-state index contributed by atoms with van der Waals surface area (Å²) >= 11 is 1.50. The fraction of sp³-hybridized carbons (Fsp3) is 0.269. The maximum atomic E-state index is 13.0. The third-order valence-electron chi connectivity index (χ3n) is 5.69. The molecule has 0 atom stereocenters. The maximum Gasteiger partial charge on any atom is 0.410 e. The van der Waals surface area contributed by atoms with Crippen LogP contribution in [0.4, 0.5) is 10.5 Å². The van der Waals surface area contributed by atoms with Crippen LogP contribution in [0, 0.1) is 6.92 Å². The van der Waals surface area contributed by atoms with Gasteiger partial charge in [-0.3, -0.25) is 4.79 Å². The molecule has 0 aliphatic carbocycles. The number of carbonyl (C=O) groups excluding carboxylic acids is 2. The van der Waals surface area contributed by atoms with E-state index in [1.165, 1.54) is 11.3 Å². The number of piperidine rings is 1. The predicted octanol–water partition coefficient (Wildman–Crippen LogP) is 5.87. The average Bonchev–Trinajstić information content (AvgIpc) is 3.35. The van der Waals surface area contributed by atoms with E-state index in [9.17, 15) is 9.59 Å². The van der Waals surface area contributed by atoms with Crippen molar-refractivity contribution in [2.75, 3.05) is 25.0 Å². The van der Waals surface area contributed by atoms with Gasteiger partial charge in [-0.1, -0.05) is 54.6 Å². The van der Waals surface area contributed by atoms with Crippen molar-refractivity contribution in [3.63, 3.8) is 0 Å². The molecule has 2 aromatic carbocycles. The minimum absolute atomic E-state index is 0.219. The Balaban J connectivity index is 1.42. The number of aryl methyl sites for hydroxylation is 1. The Morgan fingerprint density at radius 2 is 1.97 bits per heavy atom. The van der Waals surface area contributed by atoms with Crippen molar-refractivity contribution < 1.29 is 14.3 Å². The molecule has 0 saturated carbocycles. The van der Waals surface area contributed by atoms with Crippen molar-refractivity contribution in [1.82, 2.24) is 9.88 Å². The highest BCUT2D eigenvalue weighted by atomic mass is 32.1. The summed E-state index contributed by atoms with van der Waals surface area (Å²) in [5, 5.41) is 5.79. The zero-order valence-electron chi connectivity index (χ0n) is 18.6. The molecule has 2 heterocycles. The van der Waals surface area contributed by atoms with Crippen LogP contribution in [0.1, 0.15) is 39.8 Å². The van der Waals surface area contributed by atoms with Gasteiger partial charge in [0.1, 0.15) is 12.3 Å². The van der Waals surface area contributed by atoms with E-state index < -0.39 is 0 Å². The van der Waals surface area contributed by atoms with Gasteiger partial charge in [-0.15, -0.1) is 11.3 Å². The topological polar surface area (TPSA) is 71.5 Å². The summed E-state index contributed by atoms with van der Waals surface area (Å²) in [6.07, 6.45) is 2.86. The molecular weight excluding hydrogens is 434 g/mol. The number of hydrogen-bond acceptors (Lipinski definition) is 5. The molecule has 7 heteroatoms. The predicted molar refractivity (Wildman–Crippen MR) is 132 cm³/mol. The van der Waals surface area contributed by atoms with Gasteiger partial charge in [0, 0.05) is 35.6 Å². The molecule has 2 amide bonds. The molecule has 170 valence electrons. The number of carbonyl (C=O) groups is 2. The van der Waals surface area contributed by atoms with Crippen LogP contribution in [0.25, 0.3) is 11.1 Å². The van der Waals surface area contributed by atoms with Crippen LogP contribution >= 0.6 is 11.3 Å². The highest BCUT2D eigenvalue weighted by Gasteiger charge is 2.27. The quantitative estimate of drug-likeness (QED) is 0.466. The molecule has 0 unspecified atom stereocenters. The Labute approximate surface area is 197 Å². The normalized spacial score (nSPS) is 14.0. The van der Waals surface area contributed by atoms with E-state index >= 15 is 0 Å². The molecule has 3 aromatic rings. The molecule has 33 heavy (non-hydrogen) atoms. The summed E-state index contributed by atoms with van der Waals surface area (Å²) in [6.45, 7) is 7.05. The summed E-state index contributed by atoms with van der Waals surface area (Å²) in [4.78, 5) is 31.3. The van der Waals surface area contributed by atoms with Gasteiger partial charge in [-0.05, 0) is 37.5 Å². The minimum Gasteiger partial charge on any atom is -0.445 e. The lowest BCUT2D eigenvalue weighted by atomic mass is 9.98. The second kappa shape index (κ2) is 10.4. The number of benzene rings is 2. The van der Waals surface area contributed by atoms with Crippen molar-refractivity contribution >= 4 is 29.0 Å². The number of aromatic nitrogens is 1. The zero-order chi connectivity index (χ0) is 23.2. The first-order valence-corrected chi connectivity index (χ1v) is 11.9. The van der Waals surface area contributed by atoms with Gasteiger partial charge in [-0.2, -0.15) is 0 Å². The summed E-state index contributed by atoms with van der Waals surface area (Å²) < 4.78 is 5.12. The average molecular weight is 462 g/mol. The number of amides is 2. The molecule has 6 nitrogen and oxygen atoms in total. The summed E-state index contributed by atoms with van der Waals surface area (Å²) in [7, 11) is 0. The van der Waals surface area contributed by atoms with Gasteiger partial charge in [0.05, 0.1) is 5.01 Å². The highest BCUT2D eigenvalue weighted by Crippen LogP contribution is 2.32. The molecule has 1 N–H and O–H groups in total. The van der Waals surface area contributed by atoms with Crippen LogP contribution in [-0.4, -0.2) is 41.6 Å². The Hall–Kier alpha value is -3.45. The SMILES string of the molecule is C=CCOC(=O)N1CCC(c2nc(C(=O)Nc3ccc(C)cc3-c3ccccc3)cs2)CC1. The van der Waals surface area contributed by atoms with Crippen LogP contribution < -0.4 is 5.32 Å². The number of rotatable bonds is 6. The van der Waals surface area contributed by atoms with Crippen molar-refractivity contribution in [1.29, 1.82) is 0 Å². The fourth-order valence-corrected chi connectivity index (χ4v) is 4.89. The summed E-state index contributed by atoms with van der Waals surface area (Å²) in [5.41, 5.74) is 4.34. The van der Waals surface area contributed by atoms with Crippen LogP contribution in [0.15, 0.2) is 66.6 Å². The minimum atomic E-state index is -0.306. The van der Waals surface area contributed by atoms with E-state index in [1.807, 2.05) is 54.8 Å². The number of anilines is 1. The Kier molecular flexibility index (Phi) is 7.19. The first-order valence-electron chi connectivity index (χ1n) is 11.0. The molecule has 1 aliphatic rings. The number of nitrogens with one attached hydrogen (secondary N) is 1. The number of likely N-dealkylation sites (tertiary alicyclic amines) is 1. The molecular formula is C26H27N3O3S. The number of nitrogens with zero attached hydrogens (tertiary/aromatic N) is 2. The van der Waals surface area contributed by atoms with E-state index in [0.717, 1.165) is 40.2 Å². The molecule has 0 bridgehead atoms. The van der Waals surface area contributed by atoms with E-state index in [4.69, 9.17) is 4.74 Å². The Bertz CT molecular complexity index is 1130. The third-order valence-corrected chi connectivity index (χ3v) is 6.70. The van der Waals surface area contributed by atoms with Gasteiger partial charge < -0.3 is 15.0 Å². The van der Waals surface area contributed by atoms with Gasteiger partial charge in [-0.25, -0.2) is 9.78 Å². The van der Waals surface area contributed by atoms with Gasteiger partial charge in [0.25, 0.3) is 5.91 Å². The van der Waals surface area contributed by atoms with Gasteiger partial charge in [0.15, 0.2) is 0 Å². The number of ether oxygens (including phenoxy) is 1. The van der Waals surface area contributed by atoms with Crippen molar-refractivity contribution in [3.05, 3.63) is 82.8 Å². The third kappa shape index (κ3) is 5.49. The van der Waals surface area contributed by atoms with Crippen LogP contribution in [0.2, 0.25) is 0 Å². The maximum absolute atomic E-state index is 13.0. The van der Waals surface area contributed by atoms with Crippen molar-refractivity contribution in [2.24, 2.45) is 0 Å². The largest absolute Gasteiger partial charge is 0.445 e. The van der Waals surface area contributed by atoms with E-state index in [0.29, 0.717) is 18.8 Å². The van der Waals surface area contributed by atoms with Crippen LogP contribution in [-0.2, 0) is 4.74 Å². The molecule has 1 aromatic heterocycles. The Morgan fingerprint density at radius 1 is 1.21 bits per heavy atom. The Morgan fingerprint density at radius 3 is 2.70 bits per heavy atom. The lowest BCUT2D eigenvalue weighted by molar-refractivity contribution is 0.102. The van der Waals surface area contributed by atoms with Crippen LogP contribution in [0.5, 0.6) is 0 Å². The highest BCUT2D eigenvalue weighted by molar-refractivity contribution is 7.10. The fourth-order valence-electron chi connectivity index (χ4n) is 3.92. The van der Waals surface area contributed by atoms with Crippen LogP contribution in [0.3, 0.4) is 0 Å². The smallest absolute Gasteiger partial charge is 0.410 e. The first kappa shape index (κ1) is 22.7. The molecule has 4 rings (SSSR count). The summed E-state index contributed by atoms with van der Waals surface area (Å²) in [6, 6.07) is 16.0. The second-order valence-corrected chi connectivity index (χ2v) is 8.96. The summed E-state index contributed by atoms with van der Waals surface area (Å²) in [5.74, 6) is 0.0169. The molecule has 0 spiro atoms.